The lowest BCUT2D eigenvalue weighted by Crippen LogP contribution is -2.23. The van der Waals surface area contributed by atoms with Gasteiger partial charge in [-0.3, -0.25) is 4.79 Å². The van der Waals surface area contributed by atoms with E-state index in [9.17, 15) is 4.79 Å². The van der Waals surface area contributed by atoms with Crippen LogP contribution in [0, 0.1) is 0 Å². The standard InChI is InChI=1S/C17H13Cl2N3O2/c18-11-6-12(19)8-14(7-11)22-13-3-4-16(20-9-13)17(23)21-10-15-2-1-5-24-15/h1-9,22H,10H2,(H,21,23). The van der Waals surface area contributed by atoms with Crippen molar-refractivity contribution in [3.8, 4) is 0 Å². The maximum atomic E-state index is 12.0. The molecule has 0 aliphatic carbocycles. The Kier molecular flexibility index (Phi) is 5.03. The molecule has 3 aromatic rings. The Balaban J connectivity index is 1.63. The summed E-state index contributed by atoms with van der Waals surface area (Å²) in [7, 11) is 0. The van der Waals surface area contributed by atoms with E-state index in [4.69, 9.17) is 27.6 Å². The highest BCUT2D eigenvalue weighted by Gasteiger charge is 2.08. The zero-order valence-corrected chi connectivity index (χ0v) is 13.9. The maximum Gasteiger partial charge on any atom is 0.270 e. The molecule has 2 N–H and O–H groups in total. The van der Waals surface area contributed by atoms with Crippen LogP contribution < -0.4 is 10.6 Å². The highest BCUT2D eigenvalue weighted by atomic mass is 35.5. The fourth-order valence-corrected chi connectivity index (χ4v) is 2.59. The lowest BCUT2D eigenvalue weighted by molar-refractivity contribution is 0.0943. The van der Waals surface area contributed by atoms with E-state index in [1.165, 1.54) is 0 Å². The van der Waals surface area contributed by atoms with Crippen LogP contribution >= 0.6 is 23.2 Å². The van der Waals surface area contributed by atoms with Crippen molar-refractivity contribution in [1.82, 2.24) is 10.3 Å². The number of amides is 1. The van der Waals surface area contributed by atoms with Crippen molar-refractivity contribution in [2.24, 2.45) is 0 Å². The van der Waals surface area contributed by atoms with Gasteiger partial charge in [0.1, 0.15) is 11.5 Å². The van der Waals surface area contributed by atoms with Gasteiger partial charge in [-0.05, 0) is 42.5 Å². The molecule has 0 saturated carbocycles. The molecule has 2 heterocycles. The number of carbonyl (C=O) groups is 1. The third-order valence-corrected chi connectivity index (χ3v) is 3.59. The number of anilines is 2. The molecule has 1 aromatic carbocycles. The van der Waals surface area contributed by atoms with Crippen LogP contribution in [0.15, 0.2) is 59.3 Å². The number of hydrogen-bond donors (Lipinski definition) is 2. The van der Waals surface area contributed by atoms with Crippen molar-refractivity contribution in [3.63, 3.8) is 0 Å². The Hall–Kier alpha value is -2.50. The summed E-state index contributed by atoms with van der Waals surface area (Å²) in [5.74, 6) is 0.406. The minimum atomic E-state index is -0.274. The van der Waals surface area contributed by atoms with Gasteiger partial charge in [0.15, 0.2) is 0 Å². The summed E-state index contributed by atoms with van der Waals surface area (Å²) in [5, 5.41) is 6.93. The summed E-state index contributed by atoms with van der Waals surface area (Å²) in [6.45, 7) is 0.314. The summed E-state index contributed by atoms with van der Waals surface area (Å²) in [6, 6.07) is 12.1. The minimum absolute atomic E-state index is 0.274. The molecular weight excluding hydrogens is 349 g/mol. The molecule has 24 heavy (non-hydrogen) atoms. The van der Waals surface area contributed by atoms with Crippen molar-refractivity contribution in [3.05, 3.63) is 76.4 Å². The Morgan fingerprint density at radius 2 is 1.88 bits per heavy atom. The van der Waals surface area contributed by atoms with Gasteiger partial charge in [0.05, 0.1) is 24.7 Å². The van der Waals surface area contributed by atoms with E-state index < -0.39 is 0 Å². The molecule has 0 fully saturated rings. The number of halogens is 2. The Morgan fingerprint density at radius 3 is 2.50 bits per heavy atom. The number of carbonyl (C=O) groups excluding carboxylic acids is 1. The molecule has 1 amide bonds. The number of aromatic nitrogens is 1. The van der Waals surface area contributed by atoms with Gasteiger partial charge in [-0.1, -0.05) is 23.2 Å². The SMILES string of the molecule is O=C(NCc1ccco1)c1ccc(Nc2cc(Cl)cc(Cl)c2)cn1. The maximum absolute atomic E-state index is 12.0. The van der Waals surface area contributed by atoms with E-state index in [2.05, 4.69) is 15.6 Å². The van der Waals surface area contributed by atoms with Gasteiger partial charge in [-0.25, -0.2) is 4.98 Å². The van der Waals surface area contributed by atoms with E-state index >= 15 is 0 Å². The van der Waals surface area contributed by atoms with Crippen LogP contribution in [0.2, 0.25) is 10.0 Å². The van der Waals surface area contributed by atoms with Gasteiger partial charge in [0.25, 0.3) is 5.91 Å². The van der Waals surface area contributed by atoms with E-state index in [1.807, 2.05) is 0 Å². The van der Waals surface area contributed by atoms with Crippen molar-refractivity contribution in [2.45, 2.75) is 6.54 Å². The molecule has 0 spiro atoms. The van der Waals surface area contributed by atoms with Crippen LogP contribution in [0.4, 0.5) is 11.4 Å². The largest absolute Gasteiger partial charge is 0.467 e. The minimum Gasteiger partial charge on any atom is -0.467 e. The quantitative estimate of drug-likeness (QED) is 0.693. The summed E-state index contributed by atoms with van der Waals surface area (Å²) in [4.78, 5) is 16.2. The third kappa shape index (κ3) is 4.28. The zero-order valence-electron chi connectivity index (χ0n) is 12.4. The number of furan rings is 1. The number of pyridine rings is 1. The van der Waals surface area contributed by atoms with E-state index in [1.54, 1.807) is 54.9 Å². The summed E-state index contributed by atoms with van der Waals surface area (Å²) in [6.07, 6.45) is 3.12. The second kappa shape index (κ2) is 7.38. The van der Waals surface area contributed by atoms with Crippen molar-refractivity contribution in [1.29, 1.82) is 0 Å². The van der Waals surface area contributed by atoms with Crippen LogP contribution in [0.1, 0.15) is 16.2 Å². The number of hydrogen-bond acceptors (Lipinski definition) is 4. The first-order chi connectivity index (χ1) is 11.6. The second-order valence-electron chi connectivity index (χ2n) is 4.98. The first-order valence-electron chi connectivity index (χ1n) is 7.10. The number of nitrogens with zero attached hydrogens (tertiary/aromatic N) is 1. The molecule has 0 aliphatic rings. The van der Waals surface area contributed by atoms with E-state index in [0.29, 0.717) is 28.0 Å². The fourth-order valence-electron chi connectivity index (χ4n) is 2.07. The van der Waals surface area contributed by atoms with Crippen molar-refractivity contribution in [2.75, 3.05) is 5.32 Å². The molecule has 2 aromatic heterocycles. The third-order valence-electron chi connectivity index (χ3n) is 3.15. The molecule has 3 rings (SSSR count). The molecule has 122 valence electrons. The van der Waals surface area contributed by atoms with Crippen LogP contribution in [0.25, 0.3) is 0 Å². The van der Waals surface area contributed by atoms with Crippen LogP contribution in [-0.4, -0.2) is 10.9 Å². The molecule has 7 heteroatoms. The van der Waals surface area contributed by atoms with Gasteiger partial charge < -0.3 is 15.1 Å². The lowest BCUT2D eigenvalue weighted by Gasteiger charge is -2.08. The van der Waals surface area contributed by atoms with Crippen LogP contribution in [-0.2, 0) is 6.54 Å². The highest BCUT2D eigenvalue weighted by Crippen LogP contribution is 2.25. The van der Waals surface area contributed by atoms with Gasteiger partial charge in [-0.2, -0.15) is 0 Å². The first-order valence-corrected chi connectivity index (χ1v) is 7.85. The summed E-state index contributed by atoms with van der Waals surface area (Å²) >= 11 is 11.9. The fraction of sp³-hybridized carbons (Fsp3) is 0.0588. The number of benzene rings is 1. The second-order valence-corrected chi connectivity index (χ2v) is 5.85. The molecular formula is C17H13Cl2N3O2. The number of rotatable bonds is 5. The molecule has 0 saturated heterocycles. The van der Waals surface area contributed by atoms with Crippen LogP contribution in [0.3, 0.4) is 0 Å². The topological polar surface area (TPSA) is 67.2 Å². The average molecular weight is 362 g/mol. The Morgan fingerprint density at radius 1 is 1.08 bits per heavy atom. The number of nitrogens with one attached hydrogen (secondary N) is 2. The molecule has 0 radical (unpaired) electrons. The van der Waals surface area contributed by atoms with E-state index in [-0.39, 0.29) is 5.91 Å². The lowest BCUT2D eigenvalue weighted by atomic mass is 10.2. The van der Waals surface area contributed by atoms with Gasteiger partial charge in [-0.15, -0.1) is 0 Å². The van der Waals surface area contributed by atoms with Gasteiger partial charge >= 0.3 is 0 Å². The smallest absolute Gasteiger partial charge is 0.270 e. The highest BCUT2D eigenvalue weighted by molar-refractivity contribution is 6.35. The van der Waals surface area contributed by atoms with Gasteiger partial charge in [0.2, 0.25) is 0 Å². The zero-order chi connectivity index (χ0) is 16.9. The Labute approximate surface area is 148 Å². The molecule has 0 atom stereocenters. The monoisotopic (exact) mass is 361 g/mol. The summed E-state index contributed by atoms with van der Waals surface area (Å²) in [5.41, 5.74) is 1.77. The normalized spacial score (nSPS) is 10.4. The van der Waals surface area contributed by atoms with Crippen molar-refractivity contribution >= 4 is 40.5 Å². The first kappa shape index (κ1) is 16.4. The molecule has 5 nitrogen and oxygen atoms in total. The predicted octanol–water partition coefficient (Wildman–Crippen LogP) is 4.66. The Bertz CT molecular complexity index is 813. The van der Waals surface area contributed by atoms with Gasteiger partial charge in [0, 0.05) is 15.7 Å². The average Bonchev–Trinajstić information content (AvgIpc) is 3.06. The summed E-state index contributed by atoms with van der Waals surface area (Å²) < 4.78 is 5.16. The van der Waals surface area contributed by atoms with E-state index in [0.717, 1.165) is 11.4 Å². The van der Waals surface area contributed by atoms with Crippen LogP contribution in [0.5, 0.6) is 0 Å². The predicted molar refractivity (Wildman–Crippen MR) is 93.9 cm³/mol. The molecule has 0 aliphatic heterocycles. The van der Waals surface area contributed by atoms with Crippen molar-refractivity contribution < 1.29 is 9.21 Å². The molecule has 0 unspecified atom stereocenters. The molecule has 0 bridgehead atoms.